The number of fused-ring (bicyclic) bond motifs is 1. The maximum atomic E-state index is 13.2. The van der Waals surface area contributed by atoms with Crippen molar-refractivity contribution in [3.05, 3.63) is 88.1 Å². The fourth-order valence-corrected chi connectivity index (χ4v) is 3.38. The minimum absolute atomic E-state index is 0.0311. The Labute approximate surface area is 185 Å². The summed E-state index contributed by atoms with van der Waals surface area (Å²) in [4.78, 5) is 25.9. The van der Waals surface area contributed by atoms with Crippen LogP contribution in [-0.2, 0) is 0 Å². The zero-order valence-electron chi connectivity index (χ0n) is 18.0. The first kappa shape index (κ1) is 21.2. The van der Waals surface area contributed by atoms with E-state index in [-0.39, 0.29) is 29.3 Å². The highest BCUT2D eigenvalue weighted by Crippen LogP contribution is 2.36. The van der Waals surface area contributed by atoms with Gasteiger partial charge in [-0.3, -0.25) is 9.59 Å². The Kier molecular flexibility index (Phi) is 5.94. The highest BCUT2D eigenvalue weighted by atomic mass is 16.5. The molecule has 0 bridgehead atoms. The first-order valence-electron chi connectivity index (χ1n) is 10.0. The molecule has 0 saturated carbocycles. The molecular weight excluding hydrogens is 408 g/mol. The summed E-state index contributed by atoms with van der Waals surface area (Å²) >= 11 is 0. The van der Waals surface area contributed by atoms with Gasteiger partial charge in [0, 0.05) is 11.1 Å². The first-order chi connectivity index (χ1) is 15.5. The second-order valence-corrected chi connectivity index (χ2v) is 7.23. The minimum atomic E-state index is -0.353. The van der Waals surface area contributed by atoms with Crippen LogP contribution < -0.4 is 19.6 Å². The number of rotatable bonds is 7. The van der Waals surface area contributed by atoms with Crippen molar-refractivity contribution in [3.63, 3.8) is 0 Å². The molecule has 1 aromatic heterocycles. The summed E-state index contributed by atoms with van der Waals surface area (Å²) < 4.78 is 22.5. The van der Waals surface area contributed by atoms with E-state index in [1.165, 1.54) is 7.11 Å². The fourth-order valence-electron chi connectivity index (χ4n) is 3.38. The van der Waals surface area contributed by atoms with Crippen LogP contribution in [0, 0.1) is 6.92 Å². The lowest BCUT2D eigenvalue weighted by Crippen LogP contribution is -2.17. The Hall–Kier alpha value is -4.06. The quantitative estimate of drug-likeness (QED) is 0.382. The van der Waals surface area contributed by atoms with Crippen LogP contribution in [0.1, 0.15) is 15.9 Å². The van der Waals surface area contributed by atoms with E-state index in [9.17, 15) is 9.59 Å². The van der Waals surface area contributed by atoms with Crippen LogP contribution >= 0.6 is 0 Å². The van der Waals surface area contributed by atoms with Gasteiger partial charge < -0.3 is 18.6 Å². The second kappa shape index (κ2) is 8.98. The lowest BCUT2D eigenvalue weighted by Gasteiger charge is -2.13. The van der Waals surface area contributed by atoms with Gasteiger partial charge >= 0.3 is 0 Å². The van der Waals surface area contributed by atoms with Gasteiger partial charge in [0.2, 0.25) is 11.2 Å². The summed E-state index contributed by atoms with van der Waals surface area (Å²) in [5.41, 5.74) is 2.18. The Morgan fingerprint density at radius 2 is 1.62 bits per heavy atom. The molecule has 0 aliphatic rings. The number of carbonyl (C=O) groups excluding carboxylic acids is 1. The molecule has 0 aliphatic heterocycles. The van der Waals surface area contributed by atoms with Gasteiger partial charge in [-0.1, -0.05) is 42.0 Å². The summed E-state index contributed by atoms with van der Waals surface area (Å²) in [5, 5.41) is 0.370. The van der Waals surface area contributed by atoms with E-state index >= 15 is 0 Å². The third-order valence-electron chi connectivity index (χ3n) is 5.12. The molecule has 4 rings (SSSR count). The van der Waals surface area contributed by atoms with E-state index in [2.05, 4.69) is 0 Å². The van der Waals surface area contributed by atoms with E-state index in [4.69, 9.17) is 18.6 Å². The van der Waals surface area contributed by atoms with Crippen molar-refractivity contribution in [3.8, 4) is 28.6 Å². The Morgan fingerprint density at radius 3 is 2.34 bits per heavy atom. The van der Waals surface area contributed by atoms with E-state index in [1.54, 1.807) is 61.7 Å². The van der Waals surface area contributed by atoms with Crippen molar-refractivity contribution in [2.24, 2.45) is 0 Å². The molecule has 0 N–H and O–H groups in total. The molecule has 4 aromatic rings. The number of hydrogen-bond donors (Lipinski definition) is 0. The van der Waals surface area contributed by atoms with Gasteiger partial charge in [0.25, 0.3) is 0 Å². The molecule has 162 valence electrons. The SMILES string of the molecule is COc1ccc(-c2oc3ccccc3c(=O)c2OCC(=O)c2ccc(C)cc2)cc1OC. The fraction of sp³-hybridized carbons (Fsp3) is 0.154. The highest BCUT2D eigenvalue weighted by Gasteiger charge is 2.20. The van der Waals surface area contributed by atoms with Crippen molar-refractivity contribution < 1.29 is 23.4 Å². The lowest BCUT2D eigenvalue weighted by molar-refractivity contribution is 0.0920. The largest absolute Gasteiger partial charge is 0.493 e. The Morgan fingerprint density at radius 1 is 0.906 bits per heavy atom. The first-order valence-corrected chi connectivity index (χ1v) is 10.0. The number of methoxy groups -OCH3 is 2. The summed E-state index contributed by atoms with van der Waals surface area (Å²) in [6.07, 6.45) is 0. The zero-order valence-corrected chi connectivity index (χ0v) is 18.0. The van der Waals surface area contributed by atoms with Crippen LogP contribution in [0.15, 0.2) is 75.9 Å². The van der Waals surface area contributed by atoms with Crippen LogP contribution in [-0.4, -0.2) is 26.6 Å². The Balaban J connectivity index is 1.78. The van der Waals surface area contributed by atoms with Gasteiger partial charge in [-0.25, -0.2) is 0 Å². The van der Waals surface area contributed by atoms with Gasteiger partial charge in [0.15, 0.2) is 29.6 Å². The van der Waals surface area contributed by atoms with Gasteiger partial charge in [-0.2, -0.15) is 0 Å². The molecule has 6 heteroatoms. The maximum absolute atomic E-state index is 13.2. The average molecular weight is 430 g/mol. The monoisotopic (exact) mass is 430 g/mol. The summed E-state index contributed by atoms with van der Waals surface area (Å²) in [6, 6.07) is 19.2. The maximum Gasteiger partial charge on any atom is 0.235 e. The van der Waals surface area contributed by atoms with Crippen molar-refractivity contribution in [1.82, 2.24) is 0 Å². The Bertz CT molecular complexity index is 1340. The summed E-state index contributed by atoms with van der Waals surface area (Å²) in [5.74, 6) is 0.956. The number of ketones is 1. The average Bonchev–Trinajstić information content (AvgIpc) is 2.83. The number of hydrogen-bond acceptors (Lipinski definition) is 6. The number of para-hydroxylation sites is 1. The molecule has 0 radical (unpaired) electrons. The van der Waals surface area contributed by atoms with Crippen molar-refractivity contribution in [1.29, 1.82) is 0 Å². The molecule has 3 aromatic carbocycles. The van der Waals surface area contributed by atoms with E-state index in [0.717, 1.165) is 5.56 Å². The molecule has 0 unspecified atom stereocenters. The van der Waals surface area contributed by atoms with E-state index in [1.807, 2.05) is 19.1 Å². The smallest absolute Gasteiger partial charge is 0.235 e. The molecule has 0 saturated heterocycles. The molecular formula is C26H22O6. The van der Waals surface area contributed by atoms with Gasteiger partial charge in [-0.15, -0.1) is 0 Å². The number of benzene rings is 3. The third-order valence-corrected chi connectivity index (χ3v) is 5.12. The zero-order chi connectivity index (χ0) is 22.7. The van der Waals surface area contributed by atoms with Crippen LogP contribution in [0.5, 0.6) is 17.2 Å². The third kappa shape index (κ3) is 4.07. The lowest BCUT2D eigenvalue weighted by atomic mass is 10.1. The van der Waals surface area contributed by atoms with Crippen LogP contribution in [0.4, 0.5) is 0 Å². The molecule has 6 nitrogen and oxygen atoms in total. The molecule has 0 atom stereocenters. The molecule has 1 heterocycles. The normalized spacial score (nSPS) is 10.7. The summed E-state index contributed by atoms with van der Waals surface area (Å²) in [6.45, 7) is 1.65. The molecule has 0 amide bonds. The number of Topliss-reactive ketones (excluding diaryl/α,β-unsaturated/α-hetero) is 1. The second-order valence-electron chi connectivity index (χ2n) is 7.23. The van der Waals surface area contributed by atoms with Gasteiger partial charge in [-0.05, 0) is 37.3 Å². The van der Waals surface area contributed by atoms with Crippen LogP contribution in [0.25, 0.3) is 22.3 Å². The van der Waals surface area contributed by atoms with Crippen LogP contribution in [0.2, 0.25) is 0 Å². The summed E-state index contributed by atoms with van der Waals surface area (Å²) in [7, 11) is 3.06. The van der Waals surface area contributed by atoms with Crippen molar-refractivity contribution in [2.75, 3.05) is 20.8 Å². The van der Waals surface area contributed by atoms with Crippen molar-refractivity contribution in [2.45, 2.75) is 6.92 Å². The molecule has 0 fully saturated rings. The van der Waals surface area contributed by atoms with Crippen molar-refractivity contribution >= 4 is 16.8 Å². The van der Waals surface area contributed by atoms with E-state index in [0.29, 0.717) is 33.6 Å². The number of ether oxygens (including phenoxy) is 3. The van der Waals surface area contributed by atoms with Gasteiger partial charge in [0.05, 0.1) is 19.6 Å². The predicted molar refractivity (Wildman–Crippen MR) is 122 cm³/mol. The molecule has 0 aliphatic carbocycles. The number of carbonyl (C=O) groups is 1. The van der Waals surface area contributed by atoms with Gasteiger partial charge in [0.1, 0.15) is 5.58 Å². The van der Waals surface area contributed by atoms with E-state index < -0.39 is 0 Å². The predicted octanol–water partition coefficient (Wildman–Crippen LogP) is 5.05. The molecule has 32 heavy (non-hydrogen) atoms. The highest BCUT2D eigenvalue weighted by molar-refractivity contribution is 5.97. The topological polar surface area (TPSA) is 75.0 Å². The number of aryl methyl sites for hydroxylation is 1. The van der Waals surface area contributed by atoms with Crippen LogP contribution in [0.3, 0.4) is 0 Å². The minimum Gasteiger partial charge on any atom is -0.493 e. The molecule has 0 spiro atoms. The standard InChI is InChI=1S/C26H22O6/c1-16-8-10-17(11-9-16)20(27)15-31-26-24(28)19-6-4-5-7-21(19)32-25(26)18-12-13-22(29-2)23(14-18)30-3/h4-14H,15H2,1-3H3.